The summed E-state index contributed by atoms with van der Waals surface area (Å²) in [5, 5.41) is 2.88. The van der Waals surface area contributed by atoms with Gasteiger partial charge in [-0.15, -0.1) is 0 Å². The van der Waals surface area contributed by atoms with Crippen molar-refractivity contribution in [2.75, 3.05) is 39.7 Å². The van der Waals surface area contributed by atoms with E-state index in [0.717, 1.165) is 9.87 Å². The molecule has 0 aromatic heterocycles. The molecule has 3 aromatic carbocycles. The van der Waals surface area contributed by atoms with E-state index < -0.39 is 22.5 Å². The third-order valence-corrected chi connectivity index (χ3v) is 7.39. The quantitative estimate of drug-likeness (QED) is 0.408. The SMILES string of the molecule is COc1ccc(OC)c(NC(=O)CN(CCc2ccccc2)S(=O)(=O)c2ccc(OC)c(Cl)c2)c1. The molecule has 0 aliphatic carbocycles. The Morgan fingerprint density at radius 2 is 1.60 bits per heavy atom. The van der Waals surface area contributed by atoms with E-state index >= 15 is 0 Å². The lowest BCUT2D eigenvalue weighted by molar-refractivity contribution is -0.116. The van der Waals surface area contributed by atoms with Gasteiger partial charge in [0.05, 0.1) is 43.5 Å². The molecule has 0 aliphatic rings. The zero-order valence-electron chi connectivity index (χ0n) is 19.7. The molecule has 10 heteroatoms. The number of nitrogens with zero attached hydrogens (tertiary/aromatic N) is 1. The molecule has 3 aromatic rings. The Hall–Kier alpha value is -3.27. The molecule has 0 fully saturated rings. The highest BCUT2D eigenvalue weighted by Gasteiger charge is 2.28. The first-order valence-electron chi connectivity index (χ1n) is 10.7. The number of hydrogen-bond acceptors (Lipinski definition) is 6. The molecule has 0 saturated carbocycles. The van der Waals surface area contributed by atoms with E-state index in [9.17, 15) is 13.2 Å². The summed E-state index contributed by atoms with van der Waals surface area (Å²) in [6.45, 7) is -0.335. The minimum absolute atomic E-state index is 0.0388. The summed E-state index contributed by atoms with van der Waals surface area (Å²) in [5.74, 6) is 0.749. The minimum Gasteiger partial charge on any atom is -0.497 e. The predicted molar refractivity (Wildman–Crippen MR) is 135 cm³/mol. The highest BCUT2D eigenvalue weighted by molar-refractivity contribution is 7.89. The Morgan fingerprint density at radius 3 is 2.23 bits per heavy atom. The summed E-state index contributed by atoms with van der Waals surface area (Å²) in [5.41, 5.74) is 1.31. The van der Waals surface area contributed by atoms with E-state index in [1.807, 2.05) is 30.3 Å². The topological polar surface area (TPSA) is 94.2 Å². The van der Waals surface area contributed by atoms with Gasteiger partial charge >= 0.3 is 0 Å². The minimum atomic E-state index is -4.06. The van der Waals surface area contributed by atoms with Crippen LogP contribution in [0.15, 0.2) is 71.6 Å². The number of carbonyl (C=O) groups excluding carboxylic acids is 1. The van der Waals surface area contributed by atoms with Crippen molar-refractivity contribution in [1.29, 1.82) is 0 Å². The van der Waals surface area contributed by atoms with Gasteiger partial charge in [0.25, 0.3) is 0 Å². The van der Waals surface area contributed by atoms with Crippen LogP contribution >= 0.6 is 11.6 Å². The number of nitrogens with one attached hydrogen (secondary N) is 1. The van der Waals surface area contributed by atoms with Gasteiger partial charge in [-0.25, -0.2) is 8.42 Å². The molecule has 0 aliphatic heterocycles. The largest absolute Gasteiger partial charge is 0.497 e. The van der Waals surface area contributed by atoms with E-state index in [4.69, 9.17) is 25.8 Å². The molecule has 3 rings (SSSR count). The first-order valence-corrected chi connectivity index (χ1v) is 12.5. The van der Waals surface area contributed by atoms with Gasteiger partial charge in [0, 0.05) is 12.6 Å². The van der Waals surface area contributed by atoms with Crippen LogP contribution in [-0.4, -0.2) is 53.0 Å². The smallest absolute Gasteiger partial charge is 0.243 e. The number of rotatable bonds is 11. The highest BCUT2D eigenvalue weighted by Crippen LogP contribution is 2.30. The van der Waals surface area contributed by atoms with Crippen molar-refractivity contribution >= 4 is 33.2 Å². The molecule has 35 heavy (non-hydrogen) atoms. The highest BCUT2D eigenvalue weighted by atomic mass is 35.5. The molecule has 0 heterocycles. The number of anilines is 1. The van der Waals surface area contributed by atoms with Gasteiger partial charge in [0.1, 0.15) is 17.2 Å². The van der Waals surface area contributed by atoms with E-state index in [2.05, 4.69) is 5.32 Å². The molecule has 0 unspecified atom stereocenters. The Balaban J connectivity index is 1.88. The van der Waals surface area contributed by atoms with Gasteiger partial charge in [0.15, 0.2) is 0 Å². The molecular weight excluding hydrogens is 492 g/mol. The van der Waals surface area contributed by atoms with Crippen molar-refractivity contribution in [3.63, 3.8) is 0 Å². The fourth-order valence-corrected chi connectivity index (χ4v) is 5.15. The average molecular weight is 519 g/mol. The first-order chi connectivity index (χ1) is 16.8. The lowest BCUT2D eigenvalue weighted by Crippen LogP contribution is -2.39. The zero-order valence-corrected chi connectivity index (χ0v) is 21.2. The van der Waals surface area contributed by atoms with Crippen molar-refractivity contribution in [3.8, 4) is 17.2 Å². The second-order valence-corrected chi connectivity index (χ2v) is 9.83. The molecule has 0 spiro atoms. The Bertz CT molecular complexity index is 1270. The second-order valence-electron chi connectivity index (χ2n) is 7.48. The van der Waals surface area contributed by atoms with Gasteiger partial charge in [0.2, 0.25) is 15.9 Å². The molecule has 1 N–H and O–H groups in total. The van der Waals surface area contributed by atoms with Gasteiger partial charge in [-0.3, -0.25) is 4.79 Å². The first kappa shape index (κ1) is 26.3. The van der Waals surface area contributed by atoms with Crippen molar-refractivity contribution in [2.24, 2.45) is 0 Å². The van der Waals surface area contributed by atoms with Crippen LogP contribution in [0.4, 0.5) is 5.69 Å². The molecule has 0 saturated heterocycles. The van der Waals surface area contributed by atoms with E-state index in [1.165, 1.54) is 39.5 Å². The molecular formula is C25H27ClN2O6S. The molecule has 0 radical (unpaired) electrons. The number of methoxy groups -OCH3 is 3. The third kappa shape index (κ3) is 6.66. The predicted octanol–water partition coefficient (Wildman–Crippen LogP) is 4.24. The third-order valence-electron chi connectivity index (χ3n) is 5.25. The second kappa shape index (κ2) is 11.9. The maximum atomic E-state index is 13.5. The summed E-state index contributed by atoms with van der Waals surface area (Å²) < 4.78 is 43.8. The van der Waals surface area contributed by atoms with Crippen molar-refractivity contribution in [1.82, 2.24) is 4.31 Å². The van der Waals surface area contributed by atoms with Crippen molar-refractivity contribution < 1.29 is 27.4 Å². The van der Waals surface area contributed by atoms with Crippen molar-refractivity contribution in [3.05, 3.63) is 77.3 Å². The Kier molecular flexibility index (Phi) is 8.97. The van der Waals surface area contributed by atoms with Crippen molar-refractivity contribution in [2.45, 2.75) is 11.3 Å². The summed E-state index contributed by atoms with van der Waals surface area (Å²) in [7, 11) is 0.364. The Morgan fingerprint density at radius 1 is 0.914 bits per heavy atom. The standard InChI is InChI=1S/C25H27ClN2O6S/c1-32-19-9-11-24(34-3)22(15-19)27-25(29)17-28(14-13-18-7-5-4-6-8-18)35(30,31)20-10-12-23(33-2)21(26)16-20/h4-12,15-16H,13-14,17H2,1-3H3,(H,27,29). The lowest BCUT2D eigenvalue weighted by Gasteiger charge is -2.22. The van der Waals surface area contributed by atoms with Crippen LogP contribution in [0, 0.1) is 0 Å². The van der Waals surface area contributed by atoms with Gasteiger partial charge in [-0.1, -0.05) is 41.9 Å². The molecule has 1 amide bonds. The van der Waals surface area contributed by atoms with Crippen LogP contribution in [0.1, 0.15) is 5.56 Å². The number of hydrogen-bond donors (Lipinski definition) is 1. The fraction of sp³-hybridized carbons (Fsp3) is 0.240. The maximum Gasteiger partial charge on any atom is 0.243 e. The van der Waals surface area contributed by atoms with Crippen LogP contribution < -0.4 is 19.5 Å². The van der Waals surface area contributed by atoms with Crippen LogP contribution in [0.3, 0.4) is 0 Å². The zero-order chi connectivity index (χ0) is 25.4. The maximum absolute atomic E-state index is 13.5. The van der Waals surface area contributed by atoms with E-state index in [-0.39, 0.29) is 16.5 Å². The van der Waals surface area contributed by atoms with Gasteiger partial charge in [-0.2, -0.15) is 4.31 Å². The van der Waals surface area contributed by atoms with Gasteiger partial charge < -0.3 is 19.5 Å². The fourth-order valence-electron chi connectivity index (χ4n) is 3.40. The molecule has 0 atom stereocenters. The lowest BCUT2D eigenvalue weighted by atomic mass is 10.1. The summed E-state index contributed by atoms with van der Waals surface area (Å²) in [4.78, 5) is 12.9. The van der Waals surface area contributed by atoms with E-state index in [0.29, 0.717) is 29.4 Å². The normalized spacial score (nSPS) is 11.2. The van der Waals surface area contributed by atoms with E-state index in [1.54, 1.807) is 18.2 Å². The summed E-state index contributed by atoms with van der Waals surface area (Å²) in [6.07, 6.45) is 0.416. The molecule has 0 bridgehead atoms. The summed E-state index contributed by atoms with van der Waals surface area (Å²) >= 11 is 6.18. The molecule has 8 nitrogen and oxygen atoms in total. The number of amides is 1. The van der Waals surface area contributed by atoms with Crippen LogP contribution in [0.25, 0.3) is 0 Å². The molecule has 186 valence electrons. The Labute approximate surface area is 210 Å². The summed E-state index contributed by atoms with van der Waals surface area (Å²) in [6, 6.07) is 18.6. The number of sulfonamides is 1. The number of ether oxygens (including phenoxy) is 3. The van der Waals surface area contributed by atoms with Gasteiger partial charge in [-0.05, 0) is 42.3 Å². The number of carbonyl (C=O) groups is 1. The number of benzene rings is 3. The monoisotopic (exact) mass is 518 g/mol. The van der Waals surface area contributed by atoms with Crippen LogP contribution in [-0.2, 0) is 21.2 Å². The van der Waals surface area contributed by atoms with Crippen LogP contribution in [0.2, 0.25) is 5.02 Å². The number of halogens is 1. The van der Waals surface area contributed by atoms with Crippen LogP contribution in [0.5, 0.6) is 17.2 Å². The average Bonchev–Trinajstić information content (AvgIpc) is 2.86.